The Hall–Kier alpha value is -1.90. The molecular weight excluding hydrogens is 176 g/mol. The summed E-state index contributed by atoms with van der Waals surface area (Å²) in [5, 5.41) is 0.893. The number of hydrogen-bond donors (Lipinski definition) is 0. The van der Waals surface area contributed by atoms with E-state index >= 15 is 0 Å². The van der Waals surface area contributed by atoms with Crippen molar-refractivity contribution in [3.8, 4) is 0 Å². The van der Waals surface area contributed by atoms with Gasteiger partial charge in [0, 0.05) is 29.9 Å². The smallest absolute Gasteiger partial charge is 0.152 e. The number of nitrogens with zero attached hydrogens (tertiary/aromatic N) is 2. The molecule has 2 aromatic heterocycles. The average Bonchev–Trinajstić information content (AvgIpc) is 2.58. The Morgan fingerprint density at radius 2 is 2.43 bits per heavy atom. The van der Waals surface area contributed by atoms with Crippen molar-refractivity contribution in [3.63, 3.8) is 0 Å². The van der Waals surface area contributed by atoms with Crippen molar-refractivity contribution >= 4 is 17.3 Å². The van der Waals surface area contributed by atoms with E-state index in [4.69, 9.17) is 0 Å². The first-order valence-electron chi connectivity index (χ1n) is 4.36. The Morgan fingerprint density at radius 1 is 1.57 bits per heavy atom. The Morgan fingerprint density at radius 3 is 3.14 bits per heavy atom. The maximum atomic E-state index is 10.8. The molecule has 0 N–H and O–H groups in total. The summed E-state index contributed by atoms with van der Waals surface area (Å²) in [5.74, 6) is 0. The van der Waals surface area contributed by atoms with Crippen LogP contribution in [0.1, 0.15) is 10.4 Å². The second-order valence-electron chi connectivity index (χ2n) is 3.02. The lowest BCUT2D eigenvalue weighted by Gasteiger charge is -1.97. The molecule has 0 radical (unpaired) electrons. The Bertz CT molecular complexity index is 485. The Balaban J connectivity index is 2.72. The fraction of sp³-hybridized carbons (Fsp3) is 0.0909. The fourth-order valence-electron chi connectivity index (χ4n) is 1.52. The van der Waals surface area contributed by atoms with Crippen molar-refractivity contribution in [1.82, 2.24) is 9.55 Å². The highest BCUT2D eigenvalue weighted by molar-refractivity contribution is 5.95. The van der Waals surface area contributed by atoms with Gasteiger partial charge in [0.2, 0.25) is 0 Å². The molecule has 0 bridgehead atoms. The van der Waals surface area contributed by atoms with Gasteiger partial charge in [-0.15, -0.1) is 6.58 Å². The van der Waals surface area contributed by atoms with E-state index in [0.717, 1.165) is 17.3 Å². The normalized spacial score (nSPS) is 10.3. The third kappa shape index (κ3) is 1.23. The highest BCUT2D eigenvalue weighted by Gasteiger charge is 2.06. The number of pyridine rings is 1. The van der Waals surface area contributed by atoms with E-state index in [9.17, 15) is 4.79 Å². The molecule has 0 atom stereocenters. The van der Waals surface area contributed by atoms with Crippen molar-refractivity contribution in [2.45, 2.75) is 6.54 Å². The van der Waals surface area contributed by atoms with E-state index in [1.54, 1.807) is 18.5 Å². The summed E-state index contributed by atoms with van der Waals surface area (Å²) < 4.78 is 1.91. The second kappa shape index (κ2) is 3.46. The molecule has 2 rings (SSSR count). The quantitative estimate of drug-likeness (QED) is 0.543. The highest BCUT2D eigenvalue weighted by Crippen LogP contribution is 2.17. The number of aromatic nitrogens is 2. The van der Waals surface area contributed by atoms with E-state index in [2.05, 4.69) is 11.6 Å². The molecule has 3 heteroatoms. The van der Waals surface area contributed by atoms with Gasteiger partial charge in [0.25, 0.3) is 0 Å². The molecule has 14 heavy (non-hydrogen) atoms. The number of fused-ring (bicyclic) bond motifs is 1. The first kappa shape index (κ1) is 8.69. The molecule has 0 aliphatic heterocycles. The first-order chi connectivity index (χ1) is 6.86. The van der Waals surface area contributed by atoms with Crippen LogP contribution in [0.5, 0.6) is 0 Å². The van der Waals surface area contributed by atoms with Gasteiger partial charge in [0.15, 0.2) is 6.29 Å². The number of hydrogen-bond acceptors (Lipinski definition) is 2. The summed E-state index contributed by atoms with van der Waals surface area (Å²) in [6.07, 6.45) is 6.15. The Labute approximate surface area is 81.7 Å². The van der Waals surface area contributed by atoms with Gasteiger partial charge in [-0.2, -0.15) is 0 Å². The zero-order chi connectivity index (χ0) is 9.97. The standard InChI is InChI=1S/C11H10N2O/c1-2-6-13-7-9(8-14)10-4-3-5-12-11(10)13/h2-5,7-8H,1,6H2. The van der Waals surface area contributed by atoms with Crippen molar-refractivity contribution in [1.29, 1.82) is 0 Å². The largest absolute Gasteiger partial charge is 0.328 e. The SMILES string of the molecule is C=CCn1cc(C=O)c2cccnc21. The zero-order valence-corrected chi connectivity index (χ0v) is 7.68. The molecule has 3 nitrogen and oxygen atoms in total. The van der Waals surface area contributed by atoms with Crippen LogP contribution in [0.25, 0.3) is 11.0 Å². The number of carbonyl (C=O) groups is 1. The van der Waals surface area contributed by atoms with E-state index in [1.807, 2.05) is 16.7 Å². The summed E-state index contributed by atoms with van der Waals surface area (Å²) in [6.45, 7) is 4.33. The van der Waals surface area contributed by atoms with E-state index < -0.39 is 0 Å². The molecule has 0 unspecified atom stereocenters. The van der Waals surface area contributed by atoms with Crippen molar-refractivity contribution in [3.05, 3.63) is 42.7 Å². The zero-order valence-electron chi connectivity index (χ0n) is 7.68. The summed E-state index contributed by atoms with van der Waals surface area (Å²) >= 11 is 0. The molecule has 0 aliphatic rings. The lowest BCUT2D eigenvalue weighted by atomic mass is 10.2. The molecule has 70 valence electrons. The highest BCUT2D eigenvalue weighted by atomic mass is 16.1. The Kier molecular flexibility index (Phi) is 2.14. The van der Waals surface area contributed by atoms with Crippen LogP contribution in [0.4, 0.5) is 0 Å². The van der Waals surface area contributed by atoms with Gasteiger partial charge in [0.1, 0.15) is 5.65 Å². The van der Waals surface area contributed by atoms with E-state index in [1.165, 1.54) is 0 Å². The van der Waals surface area contributed by atoms with Crippen molar-refractivity contribution in [2.24, 2.45) is 0 Å². The molecule has 0 amide bonds. The van der Waals surface area contributed by atoms with Crippen LogP contribution in [-0.2, 0) is 6.54 Å². The van der Waals surface area contributed by atoms with Crippen LogP contribution in [0.15, 0.2) is 37.2 Å². The first-order valence-corrected chi connectivity index (χ1v) is 4.36. The summed E-state index contributed by atoms with van der Waals surface area (Å²) in [5.41, 5.74) is 1.50. The average molecular weight is 186 g/mol. The maximum Gasteiger partial charge on any atom is 0.152 e. The molecule has 2 aromatic rings. The molecule has 0 aromatic carbocycles. The molecular formula is C11H10N2O. The van der Waals surface area contributed by atoms with Crippen LogP contribution < -0.4 is 0 Å². The molecule has 0 spiro atoms. The van der Waals surface area contributed by atoms with Gasteiger partial charge in [-0.25, -0.2) is 4.98 Å². The van der Waals surface area contributed by atoms with Gasteiger partial charge in [-0.05, 0) is 12.1 Å². The minimum Gasteiger partial charge on any atom is -0.328 e. The number of carbonyl (C=O) groups excluding carboxylic acids is 1. The number of rotatable bonds is 3. The van der Waals surface area contributed by atoms with Gasteiger partial charge < -0.3 is 4.57 Å². The third-order valence-electron chi connectivity index (χ3n) is 2.12. The minimum absolute atomic E-state index is 0.668. The number of allylic oxidation sites excluding steroid dienone is 1. The van der Waals surface area contributed by atoms with Crippen LogP contribution in [-0.4, -0.2) is 15.8 Å². The van der Waals surface area contributed by atoms with Crippen LogP contribution in [0, 0.1) is 0 Å². The molecule has 2 heterocycles. The van der Waals surface area contributed by atoms with E-state index in [-0.39, 0.29) is 0 Å². The van der Waals surface area contributed by atoms with Crippen LogP contribution in [0.2, 0.25) is 0 Å². The van der Waals surface area contributed by atoms with Gasteiger partial charge in [0.05, 0.1) is 0 Å². The van der Waals surface area contributed by atoms with E-state index in [0.29, 0.717) is 12.1 Å². The van der Waals surface area contributed by atoms with Crippen LogP contribution in [0.3, 0.4) is 0 Å². The monoisotopic (exact) mass is 186 g/mol. The molecule has 0 fully saturated rings. The predicted octanol–water partition coefficient (Wildman–Crippen LogP) is 2.03. The van der Waals surface area contributed by atoms with Gasteiger partial charge >= 0.3 is 0 Å². The lowest BCUT2D eigenvalue weighted by molar-refractivity contribution is 0.112. The molecule has 0 saturated carbocycles. The summed E-state index contributed by atoms with van der Waals surface area (Å²) in [7, 11) is 0. The molecule has 0 aliphatic carbocycles. The predicted molar refractivity (Wildman–Crippen MR) is 55.3 cm³/mol. The van der Waals surface area contributed by atoms with Crippen molar-refractivity contribution in [2.75, 3.05) is 0 Å². The summed E-state index contributed by atoms with van der Waals surface area (Å²) in [6, 6.07) is 3.72. The minimum atomic E-state index is 0.668. The summed E-state index contributed by atoms with van der Waals surface area (Å²) in [4.78, 5) is 15.0. The van der Waals surface area contributed by atoms with Crippen LogP contribution >= 0.6 is 0 Å². The fourth-order valence-corrected chi connectivity index (χ4v) is 1.52. The van der Waals surface area contributed by atoms with Crippen molar-refractivity contribution < 1.29 is 4.79 Å². The van der Waals surface area contributed by atoms with Gasteiger partial charge in [-0.3, -0.25) is 4.79 Å². The molecule has 0 saturated heterocycles. The lowest BCUT2D eigenvalue weighted by Crippen LogP contribution is -1.93. The van der Waals surface area contributed by atoms with Gasteiger partial charge in [-0.1, -0.05) is 6.08 Å². The third-order valence-corrected chi connectivity index (χ3v) is 2.12. The topological polar surface area (TPSA) is 34.9 Å². The maximum absolute atomic E-state index is 10.8. The second-order valence-corrected chi connectivity index (χ2v) is 3.02. The number of aldehydes is 1.